The van der Waals surface area contributed by atoms with Crippen LogP contribution in [0, 0.1) is 12.8 Å². The number of urea groups is 1. The van der Waals surface area contributed by atoms with Crippen molar-refractivity contribution < 1.29 is 14.4 Å². The fourth-order valence-corrected chi connectivity index (χ4v) is 5.11. The zero-order valence-electron chi connectivity index (χ0n) is 23.8. The van der Waals surface area contributed by atoms with Gasteiger partial charge in [-0.1, -0.05) is 0 Å². The van der Waals surface area contributed by atoms with E-state index in [1.54, 1.807) is 17.2 Å². The topological polar surface area (TPSA) is 151 Å². The van der Waals surface area contributed by atoms with E-state index in [1.165, 1.54) is 17.6 Å². The van der Waals surface area contributed by atoms with E-state index in [4.69, 9.17) is 4.98 Å². The Bertz CT molecular complexity index is 1700. The first kappa shape index (κ1) is 26.9. The Hall–Kier alpha value is -4.94. The Morgan fingerprint density at radius 2 is 1.79 bits per heavy atom. The third kappa shape index (κ3) is 6.01. The van der Waals surface area contributed by atoms with Gasteiger partial charge < -0.3 is 15.0 Å². The Morgan fingerprint density at radius 1 is 0.977 bits per heavy atom. The number of hydrogen-bond acceptors (Lipinski definition) is 9. The minimum Gasteiger partial charge on any atom is -0.364 e. The Kier molecular flexibility index (Phi) is 6.92. The number of rotatable bonds is 8. The molecule has 4 aromatic rings. The van der Waals surface area contributed by atoms with Crippen molar-refractivity contribution in [2.75, 3.05) is 22.1 Å². The van der Waals surface area contributed by atoms with E-state index in [9.17, 15) is 14.4 Å². The quantitative estimate of drug-likeness (QED) is 0.298. The number of carbonyl (C=O) groups excluding carboxylic acids is 3. The van der Waals surface area contributed by atoms with Crippen molar-refractivity contribution >= 4 is 40.8 Å². The van der Waals surface area contributed by atoms with Crippen LogP contribution in [-0.4, -0.2) is 64.7 Å². The molecule has 4 aliphatic rings. The molecule has 4 fully saturated rings. The van der Waals surface area contributed by atoms with Gasteiger partial charge in [0.15, 0.2) is 5.65 Å². The van der Waals surface area contributed by atoms with Crippen LogP contribution in [0.15, 0.2) is 49.4 Å². The summed E-state index contributed by atoms with van der Waals surface area (Å²) < 4.78 is 1.96. The highest BCUT2D eigenvalue weighted by molar-refractivity contribution is 6.14. The number of amides is 4. The summed E-state index contributed by atoms with van der Waals surface area (Å²) in [6.07, 6.45) is 14.6. The van der Waals surface area contributed by atoms with Gasteiger partial charge in [0.25, 0.3) is 5.91 Å². The first-order valence-electron chi connectivity index (χ1n) is 14.7. The third-order valence-corrected chi connectivity index (χ3v) is 7.90. The second-order valence-electron chi connectivity index (χ2n) is 11.5. The molecule has 5 heterocycles. The predicted molar refractivity (Wildman–Crippen MR) is 157 cm³/mol. The Labute approximate surface area is 247 Å². The second kappa shape index (κ2) is 11.0. The normalized spacial score (nSPS) is 18.1. The smallest absolute Gasteiger partial charge is 0.332 e. The molecule has 0 radical (unpaired) electrons. The number of aromatic nitrogens is 6. The molecule has 220 valence electrons. The van der Waals surface area contributed by atoms with E-state index in [-0.39, 0.29) is 36.3 Å². The third-order valence-electron chi connectivity index (χ3n) is 7.90. The fourth-order valence-electron chi connectivity index (χ4n) is 5.11. The highest BCUT2D eigenvalue weighted by Crippen LogP contribution is 2.42. The SMILES string of the molecule is Cc1ccncn1.O=C(Nc1cc(NCc2cn3cc(C4CC4)cc(N4CC(=O)N(C5CC5)C4=O)c3n2)ncn1)C1CC1. The van der Waals surface area contributed by atoms with Gasteiger partial charge in [-0.3, -0.25) is 19.4 Å². The van der Waals surface area contributed by atoms with Gasteiger partial charge in [-0.15, -0.1) is 0 Å². The number of carbonyl (C=O) groups is 3. The molecule has 43 heavy (non-hydrogen) atoms. The molecule has 8 rings (SSSR count). The lowest BCUT2D eigenvalue weighted by atomic mass is 10.1. The number of nitrogens with zero attached hydrogens (tertiary/aromatic N) is 8. The largest absolute Gasteiger partial charge is 0.364 e. The minimum absolute atomic E-state index is 0.00538. The van der Waals surface area contributed by atoms with Gasteiger partial charge in [-0.25, -0.2) is 29.7 Å². The van der Waals surface area contributed by atoms with Gasteiger partial charge in [-0.2, -0.15) is 0 Å². The molecule has 4 aromatic heterocycles. The van der Waals surface area contributed by atoms with Crippen LogP contribution in [0.1, 0.15) is 61.4 Å². The van der Waals surface area contributed by atoms with E-state index in [1.807, 2.05) is 29.7 Å². The molecule has 0 atom stereocenters. The highest BCUT2D eigenvalue weighted by atomic mass is 16.2. The molecule has 3 saturated carbocycles. The van der Waals surface area contributed by atoms with Crippen LogP contribution in [0.4, 0.5) is 22.1 Å². The van der Waals surface area contributed by atoms with E-state index in [0.717, 1.165) is 55.5 Å². The number of imidazole rings is 1. The zero-order chi connectivity index (χ0) is 29.5. The zero-order valence-corrected chi connectivity index (χ0v) is 23.8. The van der Waals surface area contributed by atoms with Gasteiger partial charge in [0, 0.05) is 42.3 Å². The van der Waals surface area contributed by atoms with Crippen LogP contribution >= 0.6 is 0 Å². The van der Waals surface area contributed by atoms with Crippen LogP contribution in [0.5, 0.6) is 0 Å². The number of aryl methyl sites for hydroxylation is 1. The lowest BCUT2D eigenvalue weighted by Crippen LogP contribution is -2.34. The number of pyridine rings is 1. The maximum absolute atomic E-state index is 13.1. The molecule has 0 spiro atoms. The molecule has 0 aromatic carbocycles. The van der Waals surface area contributed by atoms with E-state index < -0.39 is 0 Å². The average Bonchev–Trinajstić information content (AvgIpc) is 3.87. The number of imide groups is 1. The summed E-state index contributed by atoms with van der Waals surface area (Å²) in [6, 6.07) is 5.39. The molecule has 1 aliphatic heterocycles. The van der Waals surface area contributed by atoms with Crippen molar-refractivity contribution in [2.45, 2.75) is 64.0 Å². The van der Waals surface area contributed by atoms with Crippen molar-refractivity contribution in [3.63, 3.8) is 0 Å². The van der Waals surface area contributed by atoms with Gasteiger partial charge in [0.1, 0.15) is 30.8 Å². The van der Waals surface area contributed by atoms with Crippen LogP contribution < -0.4 is 15.5 Å². The van der Waals surface area contributed by atoms with Gasteiger partial charge >= 0.3 is 6.03 Å². The van der Waals surface area contributed by atoms with Crippen LogP contribution in [-0.2, 0) is 16.1 Å². The van der Waals surface area contributed by atoms with Crippen LogP contribution in [0.3, 0.4) is 0 Å². The Balaban J connectivity index is 0.000000379. The molecular formula is C30H32N10O3. The maximum atomic E-state index is 13.1. The lowest BCUT2D eigenvalue weighted by molar-refractivity contribution is -0.125. The molecule has 3 aliphatic carbocycles. The number of anilines is 3. The molecule has 4 amide bonds. The van der Waals surface area contributed by atoms with E-state index in [2.05, 4.69) is 36.8 Å². The van der Waals surface area contributed by atoms with Gasteiger partial charge in [0.05, 0.1) is 17.9 Å². The molecule has 2 N–H and O–H groups in total. The standard InChI is InChI=1S/C25H26N8O3.C5H6N2/c34-22-12-32(25(36)33(22)18-5-6-18)19-7-16(14-1-2-14)10-31-11-17(29-23(19)31)9-26-20-8-21(28-13-27-20)30-24(35)15-3-4-15;1-5-2-3-6-4-7-5/h7-8,10-11,13-15,18H,1-6,9,12H2,(H2,26,27,28,30,35);2-4H,1H3. The predicted octanol–water partition coefficient (Wildman–Crippen LogP) is 3.68. The average molecular weight is 581 g/mol. The first-order valence-corrected chi connectivity index (χ1v) is 14.7. The summed E-state index contributed by atoms with van der Waals surface area (Å²) >= 11 is 0. The highest BCUT2D eigenvalue weighted by Gasteiger charge is 2.46. The summed E-state index contributed by atoms with van der Waals surface area (Å²) in [5.74, 6) is 1.47. The van der Waals surface area contributed by atoms with Crippen LogP contribution in [0.25, 0.3) is 5.65 Å². The molecule has 0 bridgehead atoms. The van der Waals surface area contributed by atoms with Crippen molar-refractivity contribution in [2.24, 2.45) is 5.92 Å². The monoisotopic (exact) mass is 580 g/mol. The molecule has 13 nitrogen and oxygen atoms in total. The molecular weight excluding hydrogens is 548 g/mol. The van der Waals surface area contributed by atoms with Crippen molar-refractivity contribution in [3.8, 4) is 0 Å². The fraction of sp³-hybridized carbons (Fsp3) is 0.400. The van der Waals surface area contributed by atoms with Gasteiger partial charge in [0.2, 0.25) is 5.91 Å². The second-order valence-corrected chi connectivity index (χ2v) is 11.5. The number of nitrogens with one attached hydrogen (secondary N) is 2. The summed E-state index contributed by atoms with van der Waals surface area (Å²) in [5.41, 5.74) is 4.26. The van der Waals surface area contributed by atoms with Crippen molar-refractivity contribution in [1.29, 1.82) is 0 Å². The minimum atomic E-state index is -0.248. The van der Waals surface area contributed by atoms with E-state index >= 15 is 0 Å². The molecule has 13 heteroatoms. The van der Waals surface area contributed by atoms with Crippen molar-refractivity contribution in [3.05, 3.63) is 66.4 Å². The first-order chi connectivity index (χ1) is 20.9. The number of hydrogen-bond donors (Lipinski definition) is 2. The summed E-state index contributed by atoms with van der Waals surface area (Å²) in [7, 11) is 0. The van der Waals surface area contributed by atoms with E-state index in [0.29, 0.717) is 35.4 Å². The summed E-state index contributed by atoms with van der Waals surface area (Å²) in [6.45, 7) is 2.38. The Morgan fingerprint density at radius 3 is 2.47 bits per heavy atom. The molecule has 0 unspecified atom stereocenters. The molecule has 1 saturated heterocycles. The van der Waals surface area contributed by atoms with Crippen LogP contribution in [0.2, 0.25) is 0 Å². The maximum Gasteiger partial charge on any atom is 0.332 e. The summed E-state index contributed by atoms with van der Waals surface area (Å²) in [4.78, 5) is 61.6. The summed E-state index contributed by atoms with van der Waals surface area (Å²) in [5, 5.41) is 6.07. The lowest BCUT2D eigenvalue weighted by Gasteiger charge is -2.18. The van der Waals surface area contributed by atoms with Crippen molar-refractivity contribution in [1.82, 2.24) is 34.2 Å². The van der Waals surface area contributed by atoms with Gasteiger partial charge in [-0.05, 0) is 69.1 Å². The number of fused-ring (bicyclic) bond motifs is 1.